The third-order valence-electron chi connectivity index (χ3n) is 4.65. The third kappa shape index (κ3) is 4.10. The van der Waals surface area contributed by atoms with E-state index in [1.807, 2.05) is 0 Å². The van der Waals surface area contributed by atoms with Crippen molar-refractivity contribution in [2.24, 2.45) is 5.41 Å². The SMILES string of the molecule is CCn1nc(C)c(Br)c1CC1(CNC(C)(C)C)CCCC1. The maximum atomic E-state index is 4.66. The second-order valence-corrected chi connectivity index (χ2v) is 8.44. The summed E-state index contributed by atoms with van der Waals surface area (Å²) in [5, 5.41) is 8.40. The standard InChI is InChI=1S/C17H30BrN3/c1-6-21-14(15(18)13(2)20-21)11-17(9-7-8-10-17)12-19-16(3,4)5/h19H,6-12H2,1-5H3. The van der Waals surface area contributed by atoms with Gasteiger partial charge in [-0.2, -0.15) is 5.10 Å². The molecule has 1 aliphatic rings. The highest BCUT2D eigenvalue weighted by Crippen LogP contribution is 2.42. The highest BCUT2D eigenvalue weighted by Gasteiger charge is 2.36. The summed E-state index contributed by atoms with van der Waals surface area (Å²) in [7, 11) is 0. The van der Waals surface area contributed by atoms with Crippen LogP contribution in [-0.2, 0) is 13.0 Å². The average molecular weight is 356 g/mol. The first kappa shape index (κ1) is 17.0. The van der Waals surface area contributed by atoms with Crippen molar-refractivity contribution < 1.29 is 0 Å². The van der Waals surface area contributed by atoms with Gasteiger partial charge in [0.25, 0.3) is 0 Å². The van der Waals surface area contributed by atoms with E-state index >= 15 is 0 Å². The van der Waals surface area contributed by atoms with Gasteiger partial charge in [-0.15, -0.1) is 0 Å². The Morgan fingerprint density at radius 3 is 2.43 bits per heavy atom. The maximum absolute atomic E-state index is 4.66. The van der Waals surface area contributed by atoms with Gasteiger partial charge >= 0.3 is 0 Å². The molecule has 0 unspecified atom stereocenters. The Hall–Kier alpha value is -0.350. The van der Waals surface area contributed by atoms with Crippen molar-refractivity contribution >= 4 is 15.9 Å². The second kappa shape index (κ2) is 6.41. The van der Waals surface area contributed by atoms with Gasteiger partial charge in [-0.3, -0.25) is 4.68 Å². The van der Waals surface area contributed by atoms with Crippen LogP contribution in [0.25, 0.3) is 0 Å². The molecule has 1 N–H and O–H groups in total. The number of aryl methyl sites for hydroxylation is 2. The molecule has 0 amide bonds. The Balaban J connectivity index is 2.20. The first-order valence-electron chi connectivity index (χ1n) is 8.23. The van der Waals surface area contributed by atoms with Gasteiger partial charge in [-0.25, -0.2) is 0 Å². The molecule has 21 heavy (non-hydrogen) atoms. The van der Waals surface area contributed by atoms with Crippen LogP contribution < -0.4 is 5.32 Å². The Bertz CT molecular complexity index is 479. The van der Waals surface area contributed by atoms with Crippen LogP contribution in [0.4, 0.5) is 0 Å². The van der Waals surface area contributed by atoms with Gasteiger partial charge in [0.05, 0.1) is 15.9 Å². The fraction of sp³-hybridized carbons (Fsp3) is 0.824. The predicted molar refractivity (Wildman–Crippen MR) is 92.7 cm³/mol. The zero-order chi connectivity index (χ0) is 15.7. The summed E-state index contributed by atoms with van der Waals surface area (Å²) >= 11 is 3.76. The third-order valence-corrected chi connectivity index (χ3v) is 5.68. The van der Waals surface area contributed by atoms with E-state index < -0.39 is 0 Å². The molecular formula is C17H30BrN3. The summed E-state index contributed by atoms with van der Waals surface area (Å²) in [5.41, 5.74) is 3.08. The van der Waals surface area contributed by atoms with E-state index in [0.717, 1.165) is 25.2 Å². The van der Waals surface area contributed by atoms with Gasteiger partial charge in [0.15, 0.2) is 0 Å². The summed E-state index contributed by atoms with van der Waals surface area (Å²) in [6, 6.07) is 0. The topological polar surface area (TPSA) is 29.9 Å². The van der Waals surface area contributed by atoms with E-state index in [0.29, 0.717) is 5.41 Å². The Morgan fingerprint density at radius 2 is 1.90 bits per heavy atom. The summed E-state index contributed by atoms with van der Waals surface area (Å²) in [4.78, 5) is 0. The highest BCUT2D eigenvalue weighted by atomic mass is 79.9. The molecule has 1 aromatic rings. The van der Waals surface area contributed by atoms with Crippen molar-refractivity contribution in [1.29, 1.82) is 0 Å². The van der Waals surface area contributed by atoms with Crippen LogP contribution in [0.5, 0.6) is 0 Å². The summed E-state index contributed by atoms with van der Waals surface area (Å²) in [6.07, 6.45) is 6.52. The van der Waals surface area contributed by atoms with Crippen molar-refractivity contribution in [1.82, 2.24) is 15.1 Å². The monoisotopic (exact) mass is 355 g/mol. The lowest BCUT2D eigenvalue weighted by Gasteiger charge is -2.34. The van der Waals surface area contributed by atoms with Gasteiger partial charge in [-0.1, -0.05) is 12.8 Å². The van der Waals surface area contributed by atoms with Crippen LogP contribution in [0.2, 0.25) is 0 Å². The lowest BCUT2D eigenvalue weighted by atomic mass is 9.80. The first-order chi connectivity index (χ1) is 9.76. The largest absolute Gasteiger partial charge is 0.312 e. The molecule has 0 bridgehead atoms. The molecule has 1 aliphatic carbocycles. The lowest BCUT2D eigenvalue weighted by molar-refractivity contribution is 0.239. The van der Waals surface area contributed by atoms with Crippen LogP contribution in [-0.4, -0.2) is 21.9 Å². The molecule has 1 saturated carbocycles. The van der Waals surface area contributed by atoms with E-state index in [1.54, 1.807) is 0 Å². The van der Waals surface area contributed by atoms with Crippen LogP contribution >= 0.6 is 15.9 Å². The number of halogens is 1. The van der Waals surface area contributed by atoms with Crippen molar-refractivity contribution in [3.63, 3.8) is 0 Å². The quantitative estimate of drug-likeness (QED) is 0.844. The summed E-state index contributed by atoms with van der Waals surface area (Å²) in [5.74, 6) is 0. The van der Waals surface area contributed by atoms with Crippen molar-refractivity contribution in [2.75, 3.05) is 6.54 Å². The van der Waals surface area contributed by atoms with Crippen LogP contribution in [0.1, 0.15) is 64.8 Å². The molecule has 1 fully saturated rings. The van der Waals surface area contributed by atoms with E-state index in [-0.39, 0.29) is 5.54 Å². The number of nitrogens with one attached hydrogen (secondary N) is 1. The second-order valence-electron chi connectivity index (χ2n) is 7.65. The van der Waals surface area contributed by atoms with E-state index in [4.69, 9.17) is 0 Å². The smallest absolute Gasteiger partial charge is 0.0738 e. The van der Waals surface area contributed by atoms with E-state index in [1.165, 1.54) is 35.8 Å². The first-order valence-corrected chi connectivity index (χ1v) is 9.02. The Kier molecular flexibility index (Phi) is 5.19. The maximum Gasteiger partial charge on any atom is 0.0738 e. The molecule has 3 nitrogen and oxygen atoms in total. The zero-order valence-electron chi connectivity index (χ0n) is 14.2. The predicted octanol–water partition coefficient (Wildman–Crippen LogP) is 4.46. The Morgan fingerprint density at radius 1 is 1.29 bits per heavy atom. The van der Waals surface area contributed by atoms with Crippen LogP contribution in [0, 0.1) is 12.3 Å². The van der Waals surface area contributed by atoms with E-state index in [9.17, 15) is 0 Å². The number of hydrogen-bond donors (Lipinski definition) is 1. The number of aromatic nitrogens is 2. The number of rotatable bonds is 5. The minimum atomic E-state index is 0.188. The van der Waals surface area contributed by atoms with E-state index in [2.05, 4.69) is 65.6 Å². The molecule has 120 valence electrons. The zero-order valence-corrected chi connectivity index (χ0v) is 15.8. The van der Waals surface area contributed by atoms with Gasteiger partial charge in [0, 0.05) is 18.6 Å². The minimum Gasteiger partial charge on any atom is -0.312 e. The van der Waals surface area contributed by atoms with Crippen molar-refractivity contribution in [2.45, 2.75) is 78.8 Å². The van der Waals surface area contributed by atoms with Crippen LogP contribution in [0.15, 0.2) is 4.47 Å². The number of hydrogen-bond acceptors (Lipinski definition) is 2. The van der Waals surface area contributed by atoms with Crippen LogP contribution in [0.3, 0.4) is 0 Å². The fourth-order valence-corrected chi connectivity index (χ4v) is 3.81. The molecule has 1 aromatic heterocycles. The van der Waals surface area contributed by atoms with Crippen molar-refractivity contribution in [3.05, 3.63) is 15.9 Å². The average Bonchev–Trinajstić information content (AvgIpc) is 2.97. The molecule has 1 heterocycles. The molecule has 0 saturated heterocycles. The lowest BCUT2D eigenvalue weighted by Crippen LogP contribution is -2.44. The minimum absolute atomic E-state index is 0.188. The van der Waals surface area contributed by atoms with Crippen molar-refractivity contribution in [3.8, 4) is 0 Å². The Labute approximate surface area is 138 Å². The molecule has 2 rings (SSSR count). The van der Waals surface area contributed by atoms with Gasteiger partial charge in [0.2, 0.25) is 0 Å². The van der Waals surface area contributed by atoms with Gasteiger partial charge in [-0.05, 0) is 75.2 Å². The summed E-state index contributed by atoms with van der Waals surface area (Å²) < 4.78 is 3.39. The normalized spacial score (nSPS) is 18.4. The van der Waals surface area contributed by atoms with Gasteiger partial charge in [0.1, 0.15) is 0 Å². The molecule has 4 heteroatoms. The summed E-state index contributed by atoms with van der Waals surface area (Å²) in [6.45, 7) is 13.1. The molecule has 0 aliphatic heterocycles. The molecule has 0 spiro atoms. The molecular weight excluding hydrogens is 326 g/mol. The molecule has 0 radical (unpaired) electrons. The fourth-order valence-electron chi connectivity index (χ4n) is 3.39. The highest BCUT2D eigenvalue weighted by molar-refractivity contribution is 9.10. The number of nitrogens with zero attached hydrogens (tertiary/aromatic N) is 2. The molecule has 0 aromatic carbocycles. The molecule has 0 atom stereocenters. The van der Waals surface area contributed by atoms with Gasteiger partial charge < -0.3 is 5.32 Å².